The summed E-state index contributed by atoms with van der Waals surface area (Å²) in [5, 5.41) is 15.7. The van der Waals surface area contributed by atoms with Gasteiger partial charge in [-0.1, -0.05) is 0 Å². The van der Waals surface area contributed by atoms with Crippen LogP contribution in [0, 0.1) is 11.3 Å². The van der Waals surface area contributed by atoms with Gasteiger partial charge < -0.3 is 5.32 Å². The van der Waals surface area contributed by atoms with Gasteiger partial charge in [0.15, 0.2) is 0 Å². The van der Waals surface area contributed by atoms with Crippen molar-refractivity contribution in [2.45, 2.75) is 0 Å². The highest BCUT2D eigenvalue weighted by Crippen LogP contribution is 2.13. The maximum atomic E-state index is 12.2. The first-order chi connectivity index (χ1) is 10.8. The molecule has 0 spiro atoms. The molecule has 0 fully saturated rings. The second kappa shape index (κ2) is 5.94. The highest BCUT2D eigenvalue weighted by atomic mass is 16.1. The molecule has 0 unspecified atom stereocenters. The standard InChI is InChI=1S/C17H12N4O/c18-12-13-2-6-15(7-3-13)20-17(22)14-4-8-16(9-5-14)21-11-1-10-19-21/h1-11H,(H,20,22). The molecule has 3 aromatic rings. The first-order valence-corrected chi connectivity index (χ1v) is 6.68. The third-order valence-corrected chi connectivity index (χ3v) is 3.17. The Bertz CT molecular complexity index is 813. The zero-order valence-electron chi connectivity index (χ0n) is 11.6. The molecule has 1 heterocycles. The lowest BCUT2D eigenvalue weighted by Crippen LogP contribution is -2.11. The summed E-state index contributed by atoms with van der Waals surface area (Å²) in [6, 6.07) is 17.8. The van der Waals surface area contributed by atoms with Crippen molar-refractivity contribution in [3.05, 3.63) is 78.1 Å². The van der Waals surface area contributed by atoms with E-state index in [0.29, 0.717) is 16.8 Å². The van der Waals surface area contributed by atoms with Crippen molar-refractivity contribution >= 4 is 11.6 Å². The molecule has 1 aromatic heterocycles. The molecule has 0 saturated carbocycles. The first-order valence-electron chi connectivity index (χ1n) is 6.68. The van der Waals surface area contributed by atoms with Gasteiger partial charge in [0.05, 0.1) is 17.3 Å². The van der Waals surface area contributed by atoms with E-state index in [9.17, 15) is 4.79 Å². The Morgan fingerprint density at radius 2 is 1.82 bits per heavy atom. The van der Waals surface area contributed by atoms with E-state index >= 15 is 0 Å². The number of aromatic nitrogens is 2. The predicted octanol–water partition coefficient (Wildman–Crippen LogP) is 3.00. The number of nitriles is 1. The molecule has 0 aliphatic carbocycles. The van der Waals surface area contributed by atoms with Crippen LogP contribution in [-0.2, 0) is 0 Å². The molecule has 0 aliphatic rings. The van der Waals surface area contributed by atoms with Crippen molar-refractivity contribution < 1.29 is 4.79 Å². The fourth-order valence-electron chi connectivity index (χ4n) is 2.02. The largest absolute Gasteiger partial charge is 0.322 e. The highest BCUT2D eigenvalue weighted by molar-refractivity contribution is 6.04. The zero-order chi connectivity index (χ0) is 15.4. The molecule has 3 rings (SSSR count). The third-order valence-electron chi connectivity index (χ3n) is 3.17. The molecule has 1 N–H and O–H groups in total. The zero-order valence-corrected chi connectivity index (χ0v) is 11.6. The molecule has 0 saturated heterocycles. The SMILES string of the molecule is N#Cc1ccc(NC(=O)c2ccc(-n3cccn3)cc2)cc1. The number of amides is 1. The second-order valence-corrected chi connectivity index (χ2v) is 4.64. The Balaban J connectivity index is 1.73. The van der Waals surface area contributed by atoms with Gasteiger partial charge >= 0.3 is 0 Å². The Kier molecular flexibility index (Phi) is 3.67. The molecule has 2 aromatic carbocycles. The van der Waals surface area contributed by atoms with Crippen LogP contribution in [0.2, 0.25) is 0 Å². The molecule has 5 heteroatoms. The van der Waals surface area contributed by atoms with Crippen LogP contribution in [-0.4, -0.2) is 15.7 Å². The van der Waals surface area contributed by atoms with Gasteiger partial charge in [0.1, 0.15) is 0 Å². The molecule has 0 aliphatic heterocycles. The summed E-state index contributed by atoms with van der Waals surface area (Å²) in [7, 11) is 0. The van der Waals surface area contributed by atoms with E-state index in [0.717, 1.165) is 5.69 Å². The number of anilines is 1. The number of benzene rings is 2. The molecule has 0 radical (unpaired) electrons. The summed E-state index contributed by atoms with van der Waals surface area (Å²) < 4.78 is 1.72. The minimum absolute atomic E-state index is 0.197. The summed E-state index contributed by atoms with van der Waals surface area (Å²) in [6.45, 7) is 0. The van der Waals surface area contributed by atoms with E-state index < -0.39 is 0 Å². The molecule has 22 heavy (non-hydrogen) atoms. The van der Waals surface area contributed by atoms with Crippen LogP contribution in [0.3, 0.4) is 0 Å². The number of nitrogens with zero attached hydrogens (tertiary/aromatic N) is 3. The van der Waals surface area contributed by atoms with E-state index in [2.05, 4.69) is 10.4 Å². The molecule has 0 bridgehead atoms. The van der Waals surface area contributed by atoms with Crippen LogP contribution in [0.5, 0.6) is 0 Å². The van der Waals surface area contributed by atoms with Gasteiger partial charge in [-0.15, -0.1) is 0 Å². The average Bonchev–Trinajstić information content (AvgIpc) is 3.10. The van der Waals surface area contributed by atoms with Crippen molar-refractivity contribution in [2.24, 2.45) is 0 Å². The molecular formula is C17H12N4O. The van der Waals surface area contributed by atoms with Gasteiger partial charge in [0.25, 0.3) is 5.91 Å². The second-order valence-electron chi connectivity index (χ2n) is 4.64. The Labute approximate surface area is 127 Å². The van der Waals surface area contributed by atoms with Crippen molar-refractivity contribution in [3.63, 3.8) is 0 Å². The molecular weight excluding hydrogens is 276 g/mol. The van der Waals surface area contributed by atoms with Crippen molar-refractivity contribution in [2.75, 3.05) is 5.32 Å². The smallest absolute Gasteiger partial charge is 0.255 e. The van der Waals surface area contributed by atoms with E-state index in [1.54, 1.807) is 47.3 Å². The topological polar surface area (TPSA) is 70.7 Å². The maximum absolute atomic E-state index is 12.2. The third kappa shape index (κ3) is 2.86. The van der Waals surface area contributed by atoms with E-state index in [4.69, 9.17) is 5.26 Å². The number of nitrogens with one attached hydrogen (secondary N) is 1. The van der Waals surface area contributed by atoms with Gasteiger partial charge in [0.2, 0.25) is 0 Å². The summed E-state index contributed by atoms with van der Waals surface area (Å²) in [5.41, 5.74) is 2.65. The van der Waals surface area contributed by atoms with Crippen molar-refractivity contribution in [1.82, 2.24) is 9.78 Å². The average molecular weight is 288 g/mol. The van der Waals surface area contributed by atoms with Crippen LogP contribution < -0.4 is 5.32 Å². The number of hydrogen-bond acceptors (Lipinski definition) is 3. The van der Waals surface area contributed by atoms with Crippen LogP contribution in [0.1, 0.15) is 15.9 Å². The van der Waals surface area contributed by atoms with Gasteiger partial charge in [-0.25, -0.2) is 4.68 Å². The summed E-state index contributed by atoms with van der Waals surface area (Å²) in [5.74, 6) is -0.197. The Hall–Kier alpha value is -3.39. The van der Waals surface area contributed by atoms with E-state index in [1.165, 1.54) is 0 Å². The summed E-state index contributed by atoms with van der Waals surface area (Å²) in [6.07, 6.45) is 3.54. The van der Waals surface area contributed by atoms with Crippen LogP contribution in [0.25, 0.3) is 5.69 Å². The lowest BCUT2D eigenvalue weighted by molar-refractivity contribution is 0.102. The van der Waals surface area contributed by atoms with E-state index in [-0.39, 0.29) is 5.91 Å². The first kappa shape index (κ1) is 13.6. The lowest BCUT2D eigenvalue weighted by atomic mass is 10.1. The van der Waals surface area contributed by atoms with Gasteiger partial charge in [-0.2, -0.15) is 10.4 Å². The van der Waals surface area contributed by atoms with Crippen LogP contribution in [0.4, 0.5) is 5.69 Å². The van der Waals surface area contributed by atoms with Crippen molar-refractivity contribution in [1.29, 1.82) is 5.26 Å². The molecule has 106 valence electrons. The number of carbonyl (C=O) groups excluding carboxylic acids is 1. The Morgan fingerprint density at radius 3 is 2.41 bits per heavy atom. The van der Waals surface area contributed by atoms with Gasteiger partial charge in [-0.3, -0.25) is 4.79 Å². The number of carbonyl (C=O) groups is 1. The van der Waals surface area contributed by atoms with Crippen LogP contribution >= 0.6 is 0 Å². The molecule has 1 amide bonds. The minimum Gasteiger partial charge on any atom is -0.322 e. The monoisotopic (exact) mass is 288 g/mol. The lowest BCUT2D eigenvalue weighted by Gasteiger charge is -2.06. The number of rotatable bonds is 3. The van der Waals surface area contributed by atoms with E-state index in [1.807, 2.05) is 30.5 Å². The molecule has 0 atom stereocenters. The predicted molar refractivity (Wildman–Crippen MR) is 82.7 cm³/mol. The quantitative estimate of drug-likeness (QED) is 0.805. The Morgan fingerprint density at radius 1 is 1.09 bits per heavy atom. The van der Waals surface area contributed by atoms with Gasteiger partial charge in [0, 0.05) is 23.6 Å². The fraction of sp³-hybridized carbons (Fsp3) is 0. The summed E-state index contributed by atoms with van der Waals surface area (Å²) >= 11 is 0. The van der Waals surface area contributed by atoms with Crippen molar-refractivity contribution in [3.8, 4) is 11.8 Å². The fourth-order valence-corrected chi connectivity index (χ4v) is 2.02. The normalized spacial score (nSPS) is 9.95. The van der Waals surface area contributed by atoms with Crippen LogP contribution in [0.15, 0.2) is 67.0 Å². The maximum Gasteiger partial charge on any atom is 0.255 e. The number of hydrogen-bond donors (Lipinski definition) is 1. The minimum atomic E-state index is -0.197. The van der Waals surface area contributed by atoms with Gasteiger partial charge in [-0.05, 0) is 54.6 Å². The summed E-state index contributed by atoms with van der Waals surface area (Å²) in [4.78, 5) is 12.2. The highest BCUT2D eigenvalue weighted by Gasteiger charge is 2.06. The molecule has 5 nitrogen and oxygen atoms in total.